The molecule has 0 unspecified atom stereocenters. The quantitative estimate of drug-likeness (QED) is 0.499. The van der Waals surface area contributed by atoms with Gasteiger partial charge in [-0.05, 0) is 30.2 Å². The van der Waals surface area contributed by atoms with Crippen molar-refractivity contribution in [2.24, 2.45) is 0 Å². The van der Waals surface area contributed by atoms with E-state index in [4.69, 9.17) is 32.9 Å². The van der Waals surface area contributed by atoms with Crippen LogP contribution in [0, 0.1) is 5.82 Å². The van der Waals surface area contributed by atoms with Crippen molar-refractivity contribution in [2.75, 3.05) is 26.3 Å². The largest absolute Gasteiger partial charge is 0.378 e. The van der Waals surface area contributed by atoms with Gasteiger partial charge in [0.05, 0.1) is 34.3 Å². The fourth-order valence-corrected chi connectivity index (χ4v) is 4.37. The Kier molecular flexibility index (Phi) is 6.80. The molecule has 0 saturated carbocycles. The lowest BCUT2D eigenvalue weighted by molar-refractivity contribution is -0.139. The van der Waals surface area contributed by atoms with Crippen molar-refractivity contribution < 1.29 is 13.9 Å². The highest BCUT2D eigenvalue weighted by Gasteiger charge is 2.30. The van der Waals surface area contributed by atoms with Crippen LogP contribution in [0.3, 0.4) is 0 Å². The summed E-state index contributed by atoms with van der Waals surface area (Å²) in [4.78, 5) is 20.1. The number of fused-ring (bicyclic) bond motifs is 1. The van der Waals surface area contributed by atoms with E-state index in [2.05, 4.69) is 0 Å². The molecule has 1 aliphatic heterocycles. The minimum Gasteiger partial charge on any atom is -0.378 e. The second-order valence-corrected chi connectivity index (χ2v) is 8.48. The predicted octanol–water partition coefficient (Wildman–Crippen LogP) is 5.27. The van der Waals surface area contributed by atoms with Gasteiger partial charge in [0.15, 0.2) is 0 Å². The Hall–Kier alpha value is -2.15. The van der Waals surface area contributed by atoms with Gasteiger partial charge >= 0.3 is 0 Å². The molecule has 0 N–H and O–H groups in total. The third-order valence-electron chi connectivity index (χ3n) is 5.59. The number of carbonyl (C=O) groups is 1. The molecule has 3 aromatic rings. The topological polar surface area (TPSA) is 47.4 Å². The lowest BCUT2D eigenvalue weighted by atomic mass is 10.1. The number of benzene rings is 2. The molecule has 0 radical (unpaired) electrons. The van der Waals surface area contributed by atoms with E-state index in [0.29, 0.717) is 59.7 Å². The number of morpholine rings is 1. The van der Waals surface area contributed by atoms with E-state index >= 15 is 0 Å². The van der Waals surface area contributed by atoms with Gasteiger partial charge in [-0.3, -0.25) is 4.79 Å². The first-order valence-electron chi connectivity index (χ1n) is 10.5. The molecular weight excluding hydrogens is 440 g/mol. The number of rotatable bonds is 6. The molecule has 1 fully saturated rings. The van der Waals surface area contributed by atoms with Gasteiger partial charge in [-0.1, -0.05) is 54.7 Å². The SMILES string of the molecule is CCC[C@@H](C(=O)N1CCOCC1)n1c(Cc2ccccc2F)nc2cc(Cl)c(Cl)cc21. The molecule has 1 amide bonds. The first kappa shape index (κ1) is 22.1. The Morgan fingerprint density at radius 3 is 2.61 bits per heavy atom. The molecule has 0 bridgehead atoms. The zero-order valence-corrected chi connectivity index (χ0v) is 18.8. The molecule has 5 nitrogen and oxygen atoms in total. The zero-order chi connectivity index (χ0) is 22.0. The molecule has 2 heterocycles. The highest BCUT2D eigenvalue weighted by Crippen LogP contribution is 2.33. The number of ether oxygens (including phenoxy) is 1. The van der Waals surface area contributed by atoms with Crippen LogP contribution in [-0.4, -0.2) is 46.7 Å². The van der Waals surface area contributed by atoms with Crippen LogP contribution in [0.15, 0.2) is 36.4 Å². The smallest absolute Gasteiger partial charge is 0.245 e. The summed E-state index contributed by atoms with van der Waals surface area (Å²) < 4.78 is 21.8. The minimum atomic E-state index is -0.466. The van der Waals surface area contributed by atoms with Gasteiger partial charge in [-0.2, -0.15) is 0 Å². The molecular formula is C23H24Cl2FN3O2. The third-order valence-corrected chi connectivity index (χ3v) is 6.31. The molecule has 4 rings (SSSR count). The van der Waals surface area contributed by atoms with Crippen molar-refractivity contribution in [3.8, 4) is 0 Å². The number of imidazole rings is 1. The number of carbonyl (C=O) groups excluding carboxylic acids is 1. The van der Waals surface area contributed by atoms with E-state index in [1.807, 2.05) is 16.4 Å². The Bertz CT molecular complexity index is 1100. The van der Waals surface area contributed by atoms with E-state index in [-0.39, 0.29) is 18.1 Å². The lowest BCUT2D eigenvalue weighted by Gasteiger charge is -2.31. The van der Waals surface area contributed by atoms with Gasteiger partial charge < -0.3 is 14.2 Å². The molecule has 164 valence electrons. The fraction of sp³-hybridized carbons (Fsp3) is 0.391. The maximum atomic E-state index is 14.4. The van der Waals surface area contributed by atoms with Crippen LogP contribution in [-0.2, 0) is 16.0 Å². The van der Waals surface area contributed by atoms with Crippen molar-refractivity contribution in [3.05, 3.63) is 63.6 Å². The number of hydrogen-bond donors (Lipinski definition) is 0. The first-order chi connectivity index (χ1) is 15.0. The summed E-state index contributed by atoms with van der Waals surface area (Å²) in [5.74, 6) is 0.326. The molecule has 31 heavy (non-hydrogen) atoms. The van der Waals surface area contributed by atoms with E-state index in [0.717, 1.165) is 11.9 Å². The number of amides is 1. The van der Waals surface area contributed by atoms with Crippen molar-refractivity contribution in [1.29, 1.82) is 0 Å². The second-order valence-electron chi connectivity index (χ2n) is 7.66. The maximum Gasteiger partial charge on any atom is 0.245 e. The van der Waals surface area contributed by atoms with Crippen LogP contribution in [0.2, 0.25) is 10.0 Å². The Labute approximate surface area is 190 Å². The van der Waals surface area contributed by atoms with Crippen LogP contribution < -0.4 is 0 Å². The van der Waals surface area contributed by atoms with Gasteiger partial charge in [0, 0.05) is 19.5 Å². The number of halogens is 3. The van der Waals surface area contributed by atoms with Crippen LogP contribution >= 0.6 is 23.2 Å². The first-order valence-corrected chi connectivity index (χ1v) is 11.2. The summed E-state index contributed by atoms with van der Waals surface area (Å²) in [6, 6.07) is 9.59. The summed E-state index contributed by atoms with van der Waals surface area (Å²) in [7, 11) is 0. The van der Waals surface area contributed by atoms with Gasteiger partial charge in [-0.25, -0.2) is 9.37 Å². The van der Waals surface area contributed by atoms with Gasteiger partial charge in [0.1, 0.15) is 17.7 Å². The summed E-state index contributed by atoms with van der Waals surface area (Å²) in [6.07, 6.45) is 1.69. The molecule has 1 atom stereocenters. The average Bonchev–Trinajstić information content (AvgIpc) is 3.10. The molecule has 1 aliphatic rings. The van der Waals surface area contributed by atoms with Crippen molar-refractivity contribution in [2.45, 2.75) is 32.2 Å². The number of aromatic nitrogens is 2. The zero-order valence-electron chi connectivity index (χ0n) is 17.3. The van der Waals surface area contributed by atoms with E-state index in [1.54, 1.807) is 30.3 Å². The van der Waals surface area contributed by atoms with Crippen LogP contribution in [0.5, 0.6) is 0 Å². The summed E-state index contributed by atoms with van der Waals surface area (Å²) in [6.45, 7) is 4.21. The van der Waals surface area contributed by atoms with Crippen molar-refractivity contribution >= 4 is 40.1 Å². The summed E-state index contributed by atoms with van der Waals surface area (Å²) in [5, 5.41) is 0.782. The highest BCUT2D eigenvalue weighted by atomic mass is 35.5. The fourth-order valence-electron chi connectivity index (χ4n) is 4.06. The van der Waals surface area contributed by atoms with E-state index < -0.39 is 6.04 Å². The molecule has 1 aromatic heterocycles. The summed E-state index contributed by atoms with van der Waals surface area (Å²) >= 11 is 12.5. The van der Waals surface area contributed by atoms with E-state index in [9.17, 15) is 9.18 Å². The Morgan fingerprint density at radius 2 is 1.90 bits per heavy atom. The third kappa shape index (κ3) is 4.56. The van der Waals surface area contributed by atoms with Gasteiger partial charge in [-0.15, -0.1) is 0 Å². The average molecular weight is 464 g/mol. The van der Waals surface area contributed by atoms with E-state index in [1.165, 1.54) is 6.07 Å². The van der Waals surface area contributed by atoms with Crippen molar-refractivity contribution in [1.82, 2.24) is 14.5 Å². The van der Waals surface area contributed by atoms with Crippen LogP contribution in [0.25, 0.3) is 11.0 Å². The monoisotopic (exact) mass is 463 g/mol. The van der Waals surface area contributed by atoms with Gasteiger partial charge in [0.25, 0.3) is 0 Å². The van der Waals surface area contributed by atoms with Gasteiger partial charge in [0.2, 0.25) is 5.91 Å². The maximum absolute atomic E-state index is 14.4. The predicted molar refractivity (Wildman–Crippen MR) is 120 cm³/mol. The summed E-state index contributed by atoms with van der Waals surface area (Å²) in [5.41, 5.74) is 1.88. The van der Waals surface area contributed by atoms with Crippen LogP contribution in [0.1, 0.15) is 37.2 Å². The second kappa shape index (κ2) is 9.55. The molecule has 0 spiro atoms. The highest BCUT2D eigenvalue weighted by molar-refractivity contribution is 6.42. The van der Waals surface area contributed by atoms with Crippen molar-refractivity contribution in [3.63, 3.8) is 0 Å². The Morgan fingerprint density at radius 1 is 1.19 bits per heavy atom. The molecule has 2 aromatic carbocycles. The van der Waals surface area contributed by atoms with Crippen LogP contribution in [0.4, 0.5) is 4.39 Å². The normalized spacial score (nSPS) is 15.4. The lowest BCUT2D eigenvalue weighted by Crippen LogP contribution is -2.44. The number of hydrogen-bond acceptors (Lipinski definition) is 3. The number of nitrogens with zero attached hydrogens (tertiary/aromatic N) is 3. The standard InChI is InChI=1S/C23H24Cl2FN3O2/c1-2-5-20(23(30)28-8-10-31-11-9-28)29-21-14-17(25)16(24)13-19(21)27-22(29)12-15-6-3-4-7-18(15)26/h3-4,6-7,13-14,20H,2,5,8-12H2,1H3/t20-/m0/s1. The molecule has 0 aliphatic carbocycles. The Balaban J connectivity index is 1.84. The minimum absolute atomic E-state index is 0.0188. The molecule has 8 heteroatoms. The molecule has 1 saturated heterocycles.